The fourth-order valence-corrected chi connectivity index (χ4v) is 9.52. The van der Waals surface area contributed by atoms with E-state index in [9.17, 15) is 44.0 Å². The molecule has 0 bridgehead atoms. The number of sulfonamides is 1. The van der Waals surface area contributed by atoms with Crippen LogP contribution in [0.3, 0.4) is 0 Å². The molecule has 60 heavy (non-hydrogen) atoms. The molecule has 0 unspecified atom stereocenters. The van der Waals surface area contributed by atoms with Gasteiger partial charge in [-0.15, -0.1) is 12.4 Å². The summed E-state index contributed by atoms with van der Waals surface area (Å²) in [6, 6.07) is 9.34. The van der Waals surface area contributed by atoms with Gasteiger partial charge in [0.25, 0.3) is 9.05 Å². The highest BCUT2D eigenvalue weighted by atomic mass is 35.7. The molecule has 2 saturated heterocycles. The molecule has 6 atom stereocenters. The van der Waals surface area contributed by atoms with Gasteiger partial charge in [0.2, 0.25) is 10.0 Å². The van der Waals surface area contributed by atoms with Crippen LogP contribution in [0.25, 0.3) is 0 Å². The number of aryl methyl sites for hydroxylation is 4. The van der Waals surface area contributed by atoms with Crippen molar-refractivity contribution in [2.75, 3.05) is 0 Å². The zero-order valence-electron chi connectivity index (χ0n) is 32.8. The first kappa shape index (κ1) is 51.1. The van der Waals surface area contributed by atoms with Gasteiger partial charge in [-0.3, -0.25) is 9.59 Å². The molecule has 2 aliphatic heterocycles. The van der Waals surface area contributed by atoms with Crippen LogP contribution in [0.4, 0.5) is 17.6 Å². The van der Waals surface area contributed by atoms with E-state index < -0.39 is 55.1 Å². The quantitative estimate of drug-likeness (QED) is 0.0888. The Morgan fingerprint density at radius 3 is 1.63 bits per heavy atom. The van der Waals surface area contributed by atoms with Crippen LogP contribution in [0.15, 0.2) is 82.8 Å². The number of hydrogen-bond donors (Lipinski definition) is 1. The summed E-state index contributed by atoms with van der Waals surface area (Å²) in [5, 5.41) is 3.74. The molecule has 2 fully saturated rings. The van der Waals surface area contributed by atoms with Gasteiger partial charge in [-0.2, -0.15) is 4.31 Å². The number of nitrogens with zero attached hydrogens (tertiary/aromatic N) is 3. The lowest BCUT2D eigenvalue weighted by Crippen LogP contribution is -2.44. The number of carbonyl (C=O) groups excluding carboxylic acids is 2. The van der Waals surface area contributed by atoms with Crippen LogP contribution in [0.1, 0.15) is 61.8 Å². The van der Waals surface area contributed by atoms with Gasteiger partial charge in [0, 0.05) is 54.8 Å². The molecule has 0 aliphatic carbocycles. The number of nitrogens with one attached hydrogen (secondary N) is 1. The summed E-state index contributed by atoms with van der Waals surface area (Å²) in [6.07, 6.45) is 2.42. The number of benzene rings is 2. The molecule has 0 spiro atoms. The maximum Gasteiger partial charge on any atom is 0.261 e. The van der Waals surface area contributed by atoms with Crippen molar-refractivity contribution in [1.29, 1.82) is 0 Å². The molecule has 1 N–H and O–H groups in total. The van der Waals surface area contributed by atoms with Crippen molar-refractivity contribution in [3.8, 4) is 0 Å². The Labute approximate surface area is 368 Å². The van der Waals surface area contributed by atoms with E-state index in [1.54, 1.807) is 31.5 Å². The van der Waals surface area contributed by atoms with Crippen LogP contribution in [-0.4, -0.2) is 79.2 Å². The van der Waals surface area contributed by atoms with Gasteiger partial charge < -0.3 is 5.32 Å². The van der Waals surface area contributed by atoms with Crippen LogP contribution >= 0.6 is 46.3 Å². The van der Waals surface area contributed by atoms with Crippen molar-refractivity contribution < 1.29 is 44.0 Å². The van der Waals surface area contributed by atoms with Crippen LogP contribution in [-0.2, 0) is 41.5 Å². The smallest absolute Gasteiger partial charge is 0.261 e. The second-order valence-electron chi connectivity index (χ2n) is 14.2. The van der Waals surface area contributed by atoms with Gasteiger partial charge in [-0.25, -0.2) is 44.4 Å². The third-order valence-corrected chi connectivity index (χ3v) is 13.8. The highest BCUT2D eigenvalue weighted by Gasteiger charge is 2.48. The molecule has 0 radical (unpaired) electrons. The SMILES string of the molecule is Cc1cnc(Cl)cc1CCC(=O)[C@@H]1C[C@@H](F)[C@H](C)N1.Cc1cnc(Cl)cc1CCC(=O)[C@@H]1C[C@@H](F)[C@H](C)N1S(=O)(=O)c1ccc(F)cc1.Cl.O=S(=O)(Cl)c1ccc(F)cc1. The normalized spacial score (nSPS) is 21.5. The number of pyridine rings is 2. The topological polar surface area (TPSA) is 143 Å². The van der Waals surface area contributed by atoms with E-state index in [-0.39, 0.29) is 65.1 Å². The van der Waals surface area contributed by atoms with E-state index in [2.05, 4.69) is 15.3 Å². The predicted octanol–water partition coefficient (Wildman–Crippen LogP) is 8.68. The Bertz CT molecular complexity index is 2320. The van der Waals surface area contributed by atoms with Crippen molar-refractivity contribution in [2.45, 2.75) is 113 Å². The third-order valence-electron chi connectivity index (χ3n) is 10.0. The number of rotatable bonds is 11. The Morgan fingerprint density at radius 2 is 1.20 bits per heavy atom. The van der Waals surface area contributed by atoms with Crippen molar-refractivity contribution in [3.63, 3.8) is 0 Å². The van der Waals surface area contributed by atoms with Gasteiger partial charge in [0.1, 0.15) is 40.1 Å². The molecule has 2 aromatic heterocycles. The summed E-state index contributed by atoms with van der Waals surface area (Å²) in [5.74, 6) is -1.37. The molecule has 4 aromatic rings. The summed E-state index contributed by atoms with van der Waals surface area (Å²) in [5.41, 5.74) is 3.74. The lowest BCUT2D eigenvalue weighted by atomic mass is 10.0. The van der Waals surface area contributed by atoms with Crippen LogP contribution < -0.4 is 5.32 Å². The molecule has 328 valence electrons. The standard InChI is InChI=1S/C20H21ClF2N2O3S.C14H18ClFN2O.C6H4ClFO2S.ClH/c1-12-11-24-20(21)9-14(12)3-8-19(26)18-10-17(23)13(2)25(18)29(27,28)16-6-4-15(22)5-7-16;1-8-7-17-14(15)5-10(8)3-4-13(19)12-6-11(16)9(2)18-12;7-11(9,10)6-3-1-5(8)2-4-6;/h4-7,9,11,13,17-18H,3,8,10H2,1-2H3;5,7,9,11-12,18H,3-4,6H2,1-2H3;1-4H;1H/t13-,17+,18-;9-,11+,12-;;/m00../s1. The molecule has 2 aromatic carbocycles. The Kier molecular flexibility index (Phi) is 18.9. The van der Waals surface area contributed by atoms with Crippen molar-refractivity contribution in [1.82, 2.24) is 19.6 Å². The zero-order valence-corrected chi connectivity index (χ0v) is 37.5. The minimum Gasteiger partial charge on any atom is -0.302 e. The maximum atomic E-state index is 14.4. The van der Waals surface area contributed by atoms with E-state index in [1.807, 2.05) is 13.8 Å². The molecular weight excluding hydrogens is 914 g/mol. The summed E-state index contributed by atoms with van der Waals surface area (Å²) in [6.45, 7) is 6.98. The summed E-state index contributed by atoms with van der Waals surface area (Å²) >= 11 is 11.7. The van der Waals surface area contributed by atoms with Crippen LogP contribution in [0, 0.1) is 25.5 Å². The van der Waals surface area contributed by atoms with E-state index in [4.69, 9.17) is 33.9 Å². The molecule has 20 heteroatoms. The lowest BCUT2D eigenvalue weighted by Gasteiger charge is -2.26. The second-order valence-corrected chi connectivity index (χ2v) is 19.4. The van der Waals surface area contributed by atoms with Crippen molar-refractivity contribution >= 4 is 76.9 Å². The Balaban J connectivity index is 0.000000265. The molecule has 0 saturated carbocycles. The van der Waals surface area contributed by atoms with E-state index in [0.717, 1.165) is 75.1 Å². The monoisotopic (exact) mass is 956 g/mol. The maximum absolute atomic E-state index is 14.4. The van der Waals surface area contributed by atoms with E-state index >= 15 is 0 Å². The summed E-state index contributed by atoms with van der Waals surface area (Å²) in [4.78, 5) is 32.6. The lowest BCUT2D eigenvalue weighted by molar-refractivity contribution is -0.122. The van der Waals surface area contributed by atoms with Gasteiger partial charge in [-0.1, -0.05) is 23.2 Å². The van der Waals surface area contributed by atoms with Crippen LogP contribution in [0.5, 0.6) is 0 Å². The van der Waals surface area contributed by atoms with Gasteiger partial charge >= 0.3 is 0 Å². The first-order valence-electron chi connectivity index (χ1n) is 18.4. The number of halogens is 8. The largest absolute Gasteiger partial charge is 0.302 e. The minimum absolute atomic E-state index is 0. The fraction of sp³-hybridized carbons (Fsp3) is 0.400. The number of hydrogen-bond acceptors (Lipinski definition) is 9. The Morgan fingerprint density at radius 1 is 0.750 bits per heavy atom. The van der Waals surface area contributed by atoms with Crippen LogP contribution in [0.2, 0.25) is 10.3 Å². The number of alkyl halides is 2. The predicted molar refractivity (Wildman–Crippen MR) is 225 cm³/mol. The average Bonchev–Trinajstić information content (AvgIpc) is 3.68. The molecular formula is C40H44Cl4F4N4O6S2. The molecule has 0 amide bonds. The van der Waals surface area contributed by atoms with Crippen molar-refractivity contribution in [3.05, 3.63) is 117 Å². The number of Topliss-reactive ketones (excluding diaryl/α,β-unsaturated/α-hetero) is 2. The number of aromatic nitrogens is 2. The molecule has 6 rings (SSSR count). The fourth-order valence-electron chi connectivity index (χ4n) is 6.55. The highest BCUT2D eigenvalue weighted by molar-refractivity contribution is 8.13. The number of ketones is 2. The van der Waals surface area contributed by atoms with Gasteiger partial charge in [-0.05, 0) is 123 Å². The minimum atomic E-state index is -4.15. The highest BCUT2D eigenvalue weighted by Crippen LogP contribution is 2.34. The number of carbonyl (C=O) groups is 2. The molecule has 4 heterocycles. The summed E-state index contributed by atoms with van der Waals surface area (Å²) in [7, 11) is -2.91. The zero-order chi connectivity index (χ0) is 43.8. The van der Waals surface area contributed by atoms with E-state index in [1.165, 1.54) is 6.92 Å². The second kappa shape index (κ2) is 22.2. The first-order valence-corrected chi connectivity index (χ1v) is 22.9. The van der Waals surface area contributed by atoms with Gasteiger partial charge in [0.15, 0.2) is 5.78 Å². The molecule has 10 nitrogen and oxygen atoms in total. The van der Waals surface area contributed by atoms with E-state index in [0.29, 0.717) is 29.6 Å². The van der Waals surface area contributed by atoms with Crippen molar-refractivity contribution in [2.24, 2.45) is 0 Å². The average molecular weight is 959 g/mol. The van der Waals surface area contributed by atoms with Gasteiger partial charge in [0.05, 0.1) is 27.9 Å². The summed E-state index contributed by atoms with van der Waals surface area (Å²) < 4.78 is 101. The third kappa shape index (κ3) is 13.9. The first-order chi connectivity index (χ1) is 27.6. The molecule has 2 aliphatic rings. The Hall–Kier alpha value is -3.22.